The van der Waals surface area contributed by atoms with Gasteiger partial charge in [-0.1, -0.05) is 34.0 Å². The molecule has 0 heterocycles. The van der Waals surface area contributed by atoms with Crippen LogP contribution >= 0.6 is 7.47 Å². The lowest BCUT2D eigenvalue weighted by Crippen LogP contribution is -2.22. The van der Waals surface area contributed by atoms with E-state index >= 15 is 0 Å². The highest BCUT2D eigenvalue weighted by Gasteiger charge is 2.27. The molecule has 0 amide bonds. The molecule has 0 N–H and O–H groups in total. The maximum atomic E-state index is 11.1. The Morgan fingerprint density at radius 1 is 1.40 bits per heavy atom. The van der Waals surface area contributed by atoms with Crippen LogP contribution in [0.1, 0.15) is 13.8 Å². The first kappa shape index (κ1) is 10.3. The van der Waals surface area contributed by atoms with Gasteiger partial charge in [-0.05, 0) is 13.1 Å². The van der Waals surface area contributed by atoms with Crippen LogP contribution in [0.5, 0.6) is 0 Å². The monoisotopic (exact) mass is 176 g/mol. The smallest absolute Gasteiger partial charge is 0.147 e. The molecule has 0 rings (SSSR count). The van der Waals surface area contributed by atoms with Crippen LogP contribution < -0.4 is 0 Å². The van der Waals surface area contributed by atoms with E-state index in [1.54, 1.807) is 6.92 Å². The average Bonchev–Trinajstić information content (AvgIpc) is 1.60. The minimum absolute atomic E-state index is 0.258. The van der Waals surface area contributed by atoms with Gasteiger partial charge >= 0.3 is 0 Å². The number of hydrogen-bond acceptors (Lipinski definition) is 1. The van der Waals surface area contributed by atoms with Gasteiger partial charge in [0.25, 0.3) is 0 Å². The molecule has 1 nitrogen and oxygen atoms in total. The van der Waals surface area contributed by atoms with E-state index in [1.165, 1.54) is 0 Å². The van der Waals surface area contributed by atoms with E-state index in [1.807, 2.05) is 0 Å². The summed E-state index contributed by atoms with van der Waals surface area (Å²) in [4.78, 5) is 11.1. The van der Waals surface area contributed by atoms with Crippen LogP contribution in [0, 0.1) is 0 Å². The molecule has 0 fully saturated rings. The minimum Gasteiger partial charge on any atom is -0.295 e. The summed E-state index contributed by atoms with van der Waals surface area (Å²) in [6.45, 7) is 10.7. The lowest BCUT2D eigenvalue weighted by molar-refractivity contribution is -0.109. The molecule has 0 aliphatic carbocycles. The van der Waals surface area contributed by atoms with Gasteiger partial charge in [0, 0.05) is 0 Å². The molecule has 0 aliphatic heterocycles. The summed E-state index contributed by atoms with van der Waals surface area (Å²) in [7, 11) is -1.39. The Bertz CT molecular complexity index is 128. The van der Waals surface area contributed by atoms with E-state index in [2.05, 4.69) is 26.6 Å². The molecule has 1 atom stereocenters. The molecule has 1 unspecified atom stereocenters. The summed E-state index contributed by atoms with van der Waals surface area (Å²) < 4.78 is 0. The van der Waals surface area contributed by atoms with Crippen molar-refractivity contribution in [1.82, 2.24) is 0 Å². The van der Waals surface area contributed by atoms with Crippen molar-refractivity contribution in [3.8, 4) is 0 Å². The number of rotatable bonds is 3. The van der Waals surface area contributed by atoms with Crippen molar-refractivity contribution in [3.05, 3.63) is 0 Å². The first-order chi connectivity index (χ1) is 4.39. The summed E-state index contributed by atoms with van der Waals surface area (Å²) in [5, 5.41) is 0. The van der Waals surface area contributed by atoms with Crippen molar-refractivity contribution in [3.63, 3.8) is 0 Å². The highest BCUT2D eigenvalue weighted by Crippen LogP contribution is 2.46. The summed E-state index contributed by atoms with van der Waals surface area (Å²) in [6.07, 6.45) is 1.08. The second kappa shape index (κ2) is 3.63. The summed E-state index contributed by atoms with van der Waals surface area (Å²) >= 11 is 0. The molecule has 0 aromatic carbocycles. The van der Waals surface area contributed by atoms with E-state index in [0.717, 1.165) is 6.16 Å². The molecule has 0 aromatic heterocycles. The zero-order valence-corrected chi connectivity index (χ0v) is 9.46. The topological polar surface area (TPSA) is 17.1 Å². The molecule has 0 bridgehead atoms. The minimum atomic E-state index is -1.13. The predicted octanol–water partition coefficient (Wildman–Crippen LogP) is 2.87. The maximum absolute atomic E-state index is 11.1. The van der Waals surface area contributed by atoms with Gasteiger partial charge < -0.3 is 0 Å². The zero-order chi connectivity index (χ0) is 8.36. The van der Waals surface area contributed by atoms with Gasteiger partial charge in [0.1, 0.15) is 5.52 Å². The fraction of sp³-hybridized carbons (Fsp3) is 0.857. The fourth-order valence-electron chi connectivity index (χ4n) is 1.17. The molecular weight excluding hydrogens is 159 g/mol. The average molecular weight is 176 g/mol. The Balaban J connectivity index is 4.22. The SMILES string of the molecule is CCP(C(C)=O)[Si](C)(C)C. The van der Waals surface area contributed by atoms with Gasteiger partial charge in [-0.3, -0.25) is 4.79 Å². The molecule has 60 valence electrons. The van der Waals surface area contributed by atoms with Gasteiger partial charge in [-0.2, -0.15) is 0 Å². The quantitative estimate of drug-likeness (QED) is 0.477. The van der Waals surface area contributed by atoms with Crippen LogP contribution in [-0.4, -0.2) is 19.4 Å². The lowest BCUT2D eigenvalue weighted by Gasteiger charge is -2.25. The molecular formula is C7H17OPSi. The Kier molecular flexibility index (Phi) is 3.75. The van der Waals surface area contributed by atoms with Crippen LogP contribution in [0.2, 0.25) is 19.6 Å². The highest BCUT2D eigenvalue weighted by molar-refractivity contribution is 8.05. The summed E-state index contributed by atoms with van der Waals surface area (Å²) in [6, 6.07) is 0. The van der Waals surface area contributed by atoms with Gasteiger partial charge in [0.2, 0.25) is 0 Å². The Morgan fingerprint density at radius 3 is 1.80 bits per heavy atom. The molecule has 3 heteroatoms. The Morgan fingerprint density at radius 2 is 1.80 bits per heavy atom. The van der Waals surface area contributed by atoms with Gasteiger partial charge in [-0.25, -0.2) is 0 Å². The van der Waals surface area contributed by atoms with Gasteiger partial charge in [0.05, 0.1) is 7.74 Å². The van der Waals surface area contributed by atoms with Crippen molar-refractivity contribution >= 4 is 20.7 Å². The van der Waals surface area contributed by atoms with Crippen LogP contribution in [0.15, 0.2) is 0 Å². The van der Waals surface area contributed by atoms with Crippen molar-refractivity contribution in [2.75, 3.05) is 6.16 Å². The molecule has 0 spiro atoms. The predicted molar refractivity (Wildman–Crippen MR) is 51.5 cm³/mol. The summed E-state index contributed by atoms with van der Waals surface area (Å²) in [5.74, 6) is 0. The Hall–Kier alpha value is 0.317. The maximum Gasteiger partial charge on any atom is 0.147 e. The first-order valence-electron chi connectivity index (χ1n) is 3.67. The zero-order valence-electron chi connectivity index (χ0n) is 7.56. The van der Waals surface area contributed by atoms with Crippen molar-refractivity contribution < 1.29 is 4.79 Å². The van der Waals surface area contributed by atoms with Crippen molar-refractivity contribution in [1.29, 1.82) is 0 Å². The van der Waals surface area contributed by atoms with Crippen LogP contribution in [0.25, 0.3) is 0 Å². The molecule has 0 aromatic rings. The molecule has 0 aliphatic rings. The third kappa shape index (κ3) is 2.94. The standard InChI is InChI=1S/C7H17OPSi/c1-6-9(7(2)8)10(3,4)5/h6H2,1-5H3. The summed E-state index contributed by atoms with van der Waals surface area (Å²) in [5.41, 5.74) is 0.441. The third-order valence-electron chi connectivity index (χ3n) is 1.51. The van der Waals surface area contributed by atoms with Crippen LogP contribution in [-0.2, 0) is 4.79 Å². The van der Waals surface area contributed by atoms with Crippen molar-refractivity contribution in [2.24, 2.45) is 0 Å². The van der Waals surface area contributed by atoms with E-state index in [4.69, 9.17) is 0 Å². The van der Waals surface area contributed by atoms with Crippen LogP contribution in [0.4, 0.5) is 0 Å². The molecule has 0 radical (unpaired) electrons. The van der Waals surface area contributed by atoms with Crippen molar-refractivity contribution in [2.45, 2.75) is 33.5 Å². The number of hydrogen-bond donors (Lipinski definition) is 0. The van der Waals surface area contributed by atoms with E-state index in [0.29, 0.717) is 5.52 Å². The number of carbonyl (C=O) groups is 1. The van der Waals surface area contributed by atoms with Gasteiger partial charge in [-0.15, -0.1) is 0 Å². The normalized spacial score (nSPS) is 14.9. The van der Waals surface area contributed by atoms with E-state index in [9.17, 15) is 4.79 Å². The molecule has 0 saturated carbocycles. The fourth-order valence-corrected chi connectivity index (χ4v) is 9.19. The molecule has 0 saturated heterocycles. The molecule has 10 heavy (non-hydrogen) atoms. The van der Waals surface area contributed by atoms with Crippen LogP contribution in [0.3, 0.4) is 0 Å². The van der Waals surface area contributed by atoms with E-state index in [-0.39, 0.29) is 7.47 Å². The lowest BCUT2D eigenvalue weighted by atomic mass is 10.9. The number of carbonyl (C=O) groups excluding carboxylic acids is 1. The second-order valence-corrected chi connectivity index (χ2v) is 15.5. The van der Waals surface area contributed by atoms with Gasteiger partial charge in [0.15, 0.2) is 0 Å². The Labute approximate surface area is 65.8 Å². The second-order valence-electron chi connectivity index (χ2n) is 3.43. The van der Waals surface area contributed by atoms with E-state index < -0.39 is 7.74 Å². The third-order valence-corrected chi connectivity index (χ3v) is 11.3. The highest BCUT2D eigenvalue weighted by atomic mass is 31.4. The largest absolute Gasteiger partial charge is 0.295 e. The first-order valence-corrected chi connectivity index (χ1v) is 9.54.